The number of fused-ring (bicyclic) bond motifs is 1. The second kappa shape index (κ2) is 4.81. The van der Waals surface area contributed by atoms with Crippen molar-refractivity contribution in [2.24, 2.45) is 11.8 Å². The fraction of sp³-hybridized carbons (Fsp3) is 0.571. The van der Waals surface area contributed by atoms with Crippen molar-refractivity contribution in [3.8, 4) is 0 Å². The van der Waals surface area contributed by atoms with E-state index < -0.39 is 0 Å². The van der Waals surface area contributed by atoms with Gasteiger partial charge >= 0.3 is 0 Å². The molecule has 1 aromatic carbocycles. The maximum absolute atomic E-state index is 6.27. The molecule has 0 spiro atoms. The molecular weight excluding hydrogens is 298 g/mol. The number of hydrogen-bond acceptors (Lipinski definition) is 1. The molecule has 1 saturated heterocycles. The van der Waals surface area contributed by atoms with Gasteiger partial charge in [0, 0.05) is 29.1 Å². The summed E-state index contributed by atoms with van der Waals surface area (Å²) in [4.78, 5) is 2.51. The smallest absolute Gasteiger partial charge is 0.0467 e. The maximum atomic E-state index is 6.27. The Morgan fingerprint density at radius 3 is 2.53 bits per heavy atom. The van der Waals surface area contributed by atoms with Crippen molar-refractivity contribution in [1.82, 2.24) is 0 Å². The van der Waals surface area contributed by atoms with Gasteiger partial charge in [-0.05, 0) is 42.4 Å². The van der Waals surface area contributed by atoms with Crippen LogP contribution in [-0.2, 0) is 5.33 Å². The van der Waals surface area contributed by atoms with Crippen molar-refractivity contribution in [3.05, 3.63) is 28.8 Å². The van der Waals surface area contributed by atoms with Crippen molar-refractivity contribution >= 4 is 33.2 Å². The number of halogens is 2. The SMILES string of the molecule is Clc1cc(N2CC3CCCC3C2)ccc1CBr. The van der Waals surface area contributed by atoms with Crippen molar-refractivity contribution < 1.29 is 0 Å². The Bertz CT molecular complexity index is 409. The highest BCUT2D eigenvalue weighted by atomic mass is 79.9. The van der Waals surface area contributed by atoms with E-state index >= 15 is 0 Å². The third-order valence-electron chi connectivity index (χ3n) is 4.27. The number of rotatable bonds is 2. The number of hydrogen-bond donors (Lipinski definition) is 0. The van der Waals surface area contributed by atoms with E-state index in [0.29, 0.717) is 0 Å². The first-order valence-corrected chi connectivity index (χ1v) is 7.87. The van der Waals surface area contributed by atoms with E-state index in [-0.39, 0.29) is 0 Å². The molecule has 0 amide bonds. The van der Waals surface area contributed by atoms with Crippen LogP contribution in [0.5, 0.6) is 0 Å². The van der Waals surface area contributed by atoms with Crippen molar-refractivity contribution in [1.29, 1.82) is 0 Å². The molecule has 2 aliphatic rings. The Labute approximate surface area is 116 Å². The minimum atomic E-state index is 0.831. The summed E-state index contributed by atoms with van der Waals surface area (Å²) >= 11 is 9.73. The summed E-state index contributed by atoms with van der Waals surface area (Å²) in [5.74, 6) is 1.87. The lowest BCUT2D eigenvalue weighted by Crippen LogP contribution is -2.20. The van der Waals surface area contributed by atoms with Crippen LogP contribution in [0.1, 0.15) is 24.8 Å². The minimum absolute atomic E-state index is 0.831. The lowest BCUT2D eigenvalue weighted by molar-refractivity contribution is 0.494. The highest BCUT2D eigenvalue weighted by Crippen LogP contribution is 2.40. The molecule has 1 aliphatic heterocycles. The molecule has 1 heterocycles. The summed E-state index contributed by atoms with van der Waals surface area (Å²) in [6.07, 6.45) is 4.29. The van der Waals surface area contributed by atoms with Gasteiger partial charge in [-0.15, -0.1) is 0 Å². The van der Waals surface area contributed by atoms with Gasteiger partial charge in [-0.2, -0.15) is 0 Å². The highest BCUT2D eigenvalue weighted by Gasteiger charge is 2.36. The van der Waals surface area contributed by atoms with E-state index in [0.717, 1.165) is 22.2 Å². The molecule has 2 unspecified atom stereocenters. The lowest BCUT2D eigenvalue weighted by atomic mass is 10.0. The van der Waals surface area contributed by atoms with Gasteiger partial charge in [-0.1, -0.05) is 40.0 Å². The van der Waals surface area contributed by atoms with Crippen LogP contribution >= 0.6 is 27.5 Å². The number of nitrogens with zero attached hydrogens (tertiary/aromatic N) is 1. The molecule has 1 nitrogen and oxygen atoms in total. The molecule has 0 bridgehead atoms. The Morgan fingerprint density at radius 2 is 1.94 bits per heavy atom. The van der Waals surface area contributed by atoms with E-state index in [4.69, 9.17) is 11.6 Å². The molecule has 1 saturated carbocycles. The summed E-state index contributed by atoms with van der Waals surface area (Å²) in [7, 11) is 0. The van der Waals surface area contributed by atoms with E-state index in [1.165, 1.54) is 43.6 Å². The molecule has 0 aromatic heterocycles. The molecule has 1 aliphatic carbocycles. The van der Waals surface area contributed by atoms with Gasteiger partial charge in [0.25, 0.3) is 0 Å². The molecule has 0 radical (unpaired) electrons. The zero-order chi connectivity index (χ0) is 11.8. The molecule has 1 aromatic rings. The largest absolute Gasteiger partial charge is 0.371 e. The molecule has 2 atom stereocenters. The monoisotopic (exact) mass is 313 g/mol. The quantitative estimate of drug-likeness (QED) is 0.728. The molecule has 17 heavy (non-hydrogen) atoms. The van der Waals surface area contributed by atoms with Crippen LogP contribution in [0.15, 0.2) is 18.2 Å². The third-order valence-corrected chi connectivity index (χ3v) is 5.23. The topological polar surface area (TPSA) is 3.24 Å². The summed E-state index contributed by atoms with van der Waals surface area (Å²) in [5, 5.41) is 1.72. The molecular formula is C14H17BrClN. The van der Waals surface area contributed by atoms with E-state index in [1.807, 2.05) is 0 Å². The minimum Gasteiger partial charge on any atom is -0.371 e. The summed E-state index contributed by atoms with van der Waals surface area (Å²) in [6.45, 7) is 2.46. The zero-order valence-corrected chi connectivity index (χ0v) is 12.2. The molecule has 0 N–H and O–H groups in total. The standard InChI is InChI=1S/C14H17BrClN/c15-7-10-4-5-13(6-14(10)16)17-8-11-2-1-3-12(11)9-17/h4-6,11-12H,1-3,7-9H2. The van der Waals surface area contributed by atoms with E-state index in [2.05, 4.69) is 39.0 Å². The van der Waals surface area contributed by atoms with Gasteiger partial charge in [0.15, 0.2) is 0 Å². The Kier molecular flexibility index (Phi) is 3.36. The van der Waals surface area contributed by atoms with E-state index in [1.54, 1.807) is 0 Å². The molecule has 92 valence electrons. The average Bonchev–Trinajstić information content (AvgIpc) is 2.88. The summed E-state index contributed by atoms with van der Waals surface area (Å²) < 4.78 is 0. The van der Waals surface area contributed by atoms with Crippen LogP contribution in [0.3, 0.4) is 0 Å². The fourth-order valence-electron chi connectivity index (χ4n) is 3.29. The first kappa shape index (κ1) is 11.9. The van der Waals surface area contributed by atoms with Gasteiger partial charge < -0.3 is 4.90 Å². The summed E-state index contributed by atoms with van der Waals surface area (Å²) in [5.41, 5.74) is 2.48. The van der Waals surface area contributed by atoms with E-state index in [9.17, 15) is 0 Å². The van der Waals surface area contributed by atoms with Crippen LogP contribution in [-0.4, -0.2) is 13.1 Å². The normalized spacial score (nSPS) is 27.5. The second-order valence-corrected chi connectivity index (χ2v) is 6.23. The van der Waals surface area contributed by atoms with Gasteiger partial charge in [-0.25, -0.2) is 0 Å². The van der Waals surface area contributed by atoms with Crippen molar-refractivity contribution in [3.63, 3.8) is 0 Å². The fourth-order valence-corrected chi connectivity index (χ4v) is 4.18. The maximum Gasteiger partial charge on any atom is 0.0467 e. The molecule has 3 rings (SSSR count). The van der Waals surface area contributed by atoms with Crippen molar-refractivity contribution in [2.75, 3.05) is 18.0 Å². The first-order valence-electron chi connectivity index (χ1n) is 6.37. The Hall–Kier alpha value is -0.210. The van der Waals surface area contributed by atoms with Crippen LogP contribution < -0.4 is 4.90 Å². The number of anilines is 1. The Balaban J connectivity index is 1.79. The third kappa shape index (κ3) is 2.22. The predicted molar refractivity (Wildman–Crippen MR) is 77.1 cm³/mol. The number of alkyl halides is 1. The second-order valence-electron chi connectivity index (χ2n) is 5.27. The van der Waals surface area contributed by atoms with Crippen LogP contribution in [0.25, 0.3) is 0 Å². The van der Waals surface area contributed by atoms with Gasteiger partial charge in [0.2, 0.25) is 0 Å². The Morgan fingerprint density at radius 1 is 1.24 bits per heavy atom. The first-order chi connectivity index (χ1) is 8.28. The van der Waals surface area contributed by atoms with Gasteiger partial charge in [-0.3, -0.25) is 0 Å². The molecule has 3 heteroatoms. The number of benzene rings is 1. The van der Waals surface area contributed by atoms with Crippen LogP contribution in [0, 0.1) is 11.8 Å². The van der Waals surface area contributed by atoms with Gasteiger partial charge in [0.1, 0.15) is 0 Å². The molecule has 2 fully saturated rings. The van der Waals surface area contributed by atoms with Gasteiger partial charge in [0.05, 0.1) is 0 Å². The predicted octanol–water partition coefficient (Wildman–Crippen LogP) is 4.47. The lowest BCUT2D eigenvalue weighted by Gasteiger charge is -2.20. The average molecular weight is 315 g/mol. The van der Waals surface area contributed by atoms with Crippen LogP contribution in [0.4, 0.5) is 5.69 Å². The van der Waals surface area contributed by atoms with Crippen LogP contribution in [0.2, 0.25) is 5.02 Å². The zero-order valence-electron chi connectivity index (χ0n) is 9.83. The summed E-state index contributed by atoms with van der Waals surface area (Å²) in [6, 6.07) is 6.48. The highest BCUT2D eigenvalue weighted by molar-refractivity contribution is 9.08. The van der Waals surface area contributed by atoms with Crippen molar-refractivity contribution in [2.45, 2.75) is 24.6 Å².